The molecule has 0 spiro atoms. The quantitative estimate of drug-likeness (QED) is 0.250. The number of hydrogen-bond acceptors (Lipinski definition) is 4. The molecule has 0 saturated carbocycles. The van der Waals surface area contributed by atoms with Gasteiger partial charge in [0.1, 0.15) is 11.6 Å². The number of likely N-dealkylation sites (tertiary alicyclic amines) is 1. The van der Waals surface area contributed by atoms with Crippen LogP contribution in [-0.4, -0.2) is 55.4 Å². The number of para-hydroxylation sites is 2. The van der Waals surface area contributed by atoms with Gasteiger partial charge in [0.25, 0.3) is 11.8 Å². The fourth-order valence-electron chi connectivity index (χ4n) is 5.91. The van der Waals surface area contributed by atoms with Gasteiger partial charge in [-0.15, -0.1) is 0 Å². The summed E-state index contributed by atoms with van der Waals surface area (Å²) >= 11 is 0. The van der Waals surface area contributed by atoms with Gasteiger partial charge in [0.05, 0.1) is 24.1 Å². The van der Waals surface area contributed by atoms with E-state index in [0.717, 1.165) is 23.1 Å². The molecule has 1 aliphatic rings. The van der Waals surface area contributed by atoms with Gasteiger partial charge in [0, 0.05) is 43.1 Å². The first kappa shape index (κ1) is 28.3. The molecule has 6 rings (SSSR count). The normalized spacial score (nSPS) is 14.0. The first-order chi connectivity index (χ1) is 20.9. The second-order valence-corrected chi connectivity index (χ2v) is 11.0. The summed E-state index contributed by atoms with van der Waals surface area (Å²) in [6.45, 7) is 4.43. The Kier molecular flexibility index (Phi) is 8.00. The third kappa shape index (κ3) is 5.90. The number of aromatic amines is 1. The van der Waals surface area contributed by atoms with Gasteiger partial charge < -0.3 is 23.8 Å². The summed E-state index contributed by atoms with van der Waals surface area (Å²) in [5.41, 5.74) is 2.94. The van der Waals surface area contributed by atoms with Gasteiger partial charge in [-0.3, -0.25) is 14.2 Å². The number of piperidine rings is 1. The molecule has 5 aromatic rings. The number of furan rings is 1. The highest BCUT2D eigenvalue weighted by atomic mass is 19.1. The number of carbonyl (C=O) groups excluding carboxylic acids is 2. The predicted octanol–water partition coefficient (Wildman–Crippen LogP) is 5.44. The molecule has 10 heteroatoms. The first-order valence-corrected chi connectivity index (χ1v) is 14.7. The zero-order valence-electron chi connectivity index (χ0n) is 24.0. The minimum atomic E-state index is -0.379. The first-order valence-electron chi connectivity index (χ1n) is 14.7. The lowest BCUT2D eigenvalue weighted by molar-refractivity contribution is 0.0660. The van der Waals surface area contributed by atoms with E-state index in [0.29, 0.717) is 56.9 Å². The molecule has 4 heterocycles. The number of carbonyl (C=O) groups is 2. The van der Waals surface area contributed by atoms with Crippen molar-refractivity contribution in [3.05, 3.63) is 118 Å². The molecule has 9 nitrogen and oxygen atoms in total. The number of fused-ring (bicyclic) bond motifs is 1. The van der Waals surface area contributed by atoms with Crippen molar-refractivity contribution >= 4 is 22.8 Å². The number of imidazole rings is 1. The Labute approximate surface area is 248 Å². The molecule has 3 aromatic heterocycles. The van der Waals surface area contributed by atoms with Crippen molar-refractivity contribution < 1.29 is 18.4 Å². The summed E-state index contributed by atoms with van der Waals surface area (Å²) in [7, 11) is 0. The Balaban J connectivity index is 1.09. The Morgan fingerprint density at radius 2 is 1.77 bits per heavy atom. The Hall–Kier alpha value is -4.86. The number of benzene rings is 2. The number of aromatic nitrogens is 3. The van der Waals surface area contributed by atoms with Crippen molar-refractivity contribution in [2.75, 3.05) is 19.6 Å². The van der Waals surface area contributed by atoms with Gasteiger partial charge in [-0.1, -0.05) is 19.1 Å². The van der Waals surface area contributed by atoms with E-state index in [1.807, 2.05) is 64.7 Å². The van der Waals surface area contributed by atoms with Crippen LogP contribution in [0, 0.1) is 5.82 Å². The summed E-state index contributed by atoms with van der Waals surface area (Å²) in [6, 6.07) is 20.7. The van der Waals surface area contributed by atoms with Crippen molar-refractivity contribution in [1.29, 1.82) is 0 Å². The van der Waals surface area contributed by atoms with E-state index in [4.69, 9.17) is 4.42 Å². The van der Waals surface area contributed by atoms with Gasteiger partial charge in [0.15, 0.2) is 5.76 Å². The minimum absolute atomic E-state index is 0.0224. The van der Waals surface area contributed by atoms with E-state index >= 15 is 0 Å². The number of halogens is 1. The molecule has 43 heavy (non-hydrogen) atoms. The van der Waals surface area contributed by atoms with Crippen molar-refractivity contribution in [3.63, 3.8) is 0 Å². The smallest absolute Gasteiger partial charge is 0.326 e. The molecule has 1 saturated heterocycles. The highest BCUT2D eigenvalue weighted by Gasteiger charge is 2.28. The van der Waals surface area contributed by atoms with Crippen LogP contribution in [0.4, 0.5) is 4.39 Å². The second kappa shape index (κ2) is 12.2. The molecule has 0 radical (unpaired) electrons. The van der Waals surface area contributed by atoms with Crippen molar-refractivity contribution in [2.45, 2.75) is 45.3 Å². The molecule has 1 N–H and O–H groups in total. The zero-order valence-corrected chi connectivity index (χ0v) is 24.0. The summed E-state index contributed by atoms with van der Waals surface area (Å²) in [6.07, 6.45) is 4.06. The van der Waals surface area contributed by atoms with E-state index in [1.54, 1.807) is 15.9 Å². The van der Waals surface area contributed by atoms with Gasteiger partial charge in [0.2, 0.25) is 0 Å². The average molecular weight is 584 g/mol. The van der Waals surface area contributed by atoms with Crippen molar-refractivity contribution in [3.8, 4) is 0 Å². The van der Waals surface area contributed by atoms with E-state index in [9.17, 15) is 18.8 Å². The molecule has 0 bridgehead atoms. The lowest BCUT2D eigenvalue weighted by Gasteiger charge is -2.32. The van der Waals surface area contributed by atoms with Crippen LogP contribution >= 0.6 is 0 Å². The van der Waals surface area contributed by atoms with E-state index < -0.39 is 0 Å². The third-order valence-electron chi connectivity index (χ3n) is 8.09. The SMILES string of the molecule is CCCN(Cc1cccn1Cc1ccc(C(=O)N2CCC(n3c(=O)[nH]c4ccccc43)CC2)o1)C(=O)c1ccc(F)cc1. The monoisotopic (exact) mass is 583 g/mol. The van der Waals surface area contributed by atoms with Gasteiger partial charge in [-0.2, -0.15) is 0 Å². The summed E-state index contributed by atoms with van der Waals surface area (Å²) in [4.78, 5) is 45.5. The third-order valence-corrected chi connectivity index (χ3v) is 8.09. The number of rotatable bonds is 9. The van der Waals surface area contributed by atoms with E-state index in [-0.39, 0.29) is 35.1 Å². The highest BCUT2D eigenvalue weighted by Crippen LogP contribution is 2.26. The van der Waals surface area contributed by atoms with Crippen LogP contribution in [0.3, 0.4) is 0 Å². The molecule has 2 amide bonds. The van der Waals surface area contributed by atoms with Crippen LogP contribution in [0.5, 0.6) is 0 Å². The van der Waals surface area contributed by atoms with Crippen LogP contribution in [0.15, 0.2) is 88.2 Å². The maximum absolute atomic E-state index is 13.4. The molecular weight excluding hydrogens is 549 g/mol. The Morgan fingerprint density at radius 1 is 1.00 bits per heavy atom. The van der Waals surface area contributed by atoms with E-state index in [2.05, 4.69) is 4.98 Å². The summed E-state index contributed by atoms with van der Waals surface area (Å²) in [5.74, 6) is 0.218. The lowest BCUT2D eigenvalue weighted by Crippen LogP contribution is -2.40. The topological polar surface area (TPSA) is 96.5 Å². The maximum atomic E-state index is 13.4. The van der Waals surface area contributed by atoms with Crippen LogP contribution < -0.4 is 5.69 Å². The molecule has 0 unspecified atom stereocenters. The number of nitrogens with one attached hydrogen (secondary N) is 1. The Morgan fingerprint density at radius 3 is 2.53 bits per heavy atom. The molecule has 1 fully saturated rings. The number of amides is 2. The van der Waals surface area contributed by atoms with Crippen molar-refractivity contribution in [2.24, 2.45) is 0 Å². The predicted molar refractivity (Wildman–Crippen MR) is 160 cm³/mol. The van der Waals surface area contributed by atoms with E-state index in [1.165, 1.54) is 24.3 Å². The van der Waals surface area contributed by atoms with Crippen LogP contribution in [0.25, 0.3) is 11.0 Å². The number of nitrogens with zero attached hydrogens (tertiary/aromatic N) is 4. The van der Waals surface area contributed by atoms with Crippen LogP contribution in [0.2, 0.25) is 0 Å². The van der Waals surface area contributed by atoms with Gasteiger partial charge in [-0.25, -0.2) is 9.18 Å². The fourth-order valence-corrected chi connectivity index (χ4v) is 5.91. The largest absolute Gasteiger partial charge is 0.454 e. The minimum Gasteiger partial charge on any atom is -0.454 e. The van der Waals surface area contributed by atoms with Gasteiger partial charge >= 0.3 is 5.69 Å². The second-order valence-electron chi connectivity index (χ2n) is 11.0. The summed E-state index contributed by atoms with van der Waals surface area (Å²) < 4.78 is 23.2. The van der Waals surface area contributed by atoms with Crippen LogP contribution in [0.1, 0.15) is 64.6 Å². The highest BCUT2D eigenvalue weighted by molar-refractivity contribution is 5.94. The molecule has 0 aliphatic carbocycles. The van der Waals surface area contributed by atoms with Crippen molar-refractivity contribution in [1.82, 2.24) is 23.9 Å². The molecule has 222 valence electrons. The molecular formula is C33H34FN5O4. The number of H-pyrrole nitrogens is 1. The fraction of sp³-hybridized carbons (Fsp3) is 0.303. The number of hydrogen-bond donors (Lipinski definition) is 1. The molecule has 2 aromatic carbocycles. The molecule has 1 aliphatic heterocycles. The summed E-state index contributed by atoms with van der Waals surface area (Å²) in [5, 5.41) is 0. The molecule has 0 atom stereocenters. The maximum Gasteiger partial charge on any atom is 0.326 e. The average Bonchev–Trinajstić information content (AvgIpc) is 3.75. The lowest BCUT2D eigenvalue weighted by atomic mass is 10.0. The van der Waals surface area contributed by atoms with Crippen LogP contribution in [-0.2, 0) is 13.1 Å². The standard InChI is InChI=1S/C33H34FN5O4/c1-2-17-38(31(40)23-9-11-24(34)12-10-23)21-26-6-5-18-37(26)22-27-13-14-30(43-27)32(41)36-19-15-25(16-20-36)39-29-8-4-3-7-28(29)35-33(39)42/h3-14,18,25H,2,15-17,19-22H2,1H3,(H,35,42). The van der Waals surface area contributed by atoms with Gasteiger partial charge in [-0.05, 0) is 79.9 Å². The zero-order chi connectivity index (χ0) is 29.9. The Bertz CT molecular complexity index is 1790.